The molecule has 1 nitrogen and oxygen atoms in total. The second-order valence-electron chi connectivity index (χ2n) is 8.01. The van der Waals surface area contributed by atoms with Gasteiger partial charge in [-0.2, -0.15) is 0 Å². The van der Waals surface area contributed by atoms with Gasteiger partial charge in [-0.25, -0.2) is 4.79 Å². The fourth-order valence-electron chi connectivity index (χ4n) is 3.98. The minimum absolute atomic E-state index is 0.199. The molecule has 0 fully saturated rings. The summed E-state index contributed by atoms with van der Waals surface area (Å²) in [7, 11) is 0. The Hall–Kier alpha value is -2.89. The second kappa shape index (κ2) is 7.39. The molecule has 3 aromatic carbocycles. The summed E-state index contributed by atoms with van der Waals surface area (Å²) >= 11 is 0. The van der Waals surface area contributed by atoms with Crippen LogP contribution in [0.3, 0.4) is 0 Å². The lowest BCUT2D eigenvalue weighted by Crippen LogP contribution is -2.29. The molecule has 0 aliphatic heterocycles. The van der Waals surface area contributed by atoms with Gasteiger partial charge < -0.3 is 0 Å². The van der Waals surface area contributed by atoms with Crippen LogP contribution in [0.4, 0.5) is 0 Å². The van der Waals surface area contributed by atoms with Crippen molar-refractivity contribution in [3.63, 3.8) is 0 Å². The average molecular weight is 354 g/mol. The van der Waals surface area contributed by atoms with Crippen molar-refractivity contribution >= 4 is 12.0 Å². The average Bonchev–Trinajstić information content (AvgIpc) is 2.69. The molecule has 0 unspecified atom stereocenters. The van der Waals surface area contributed by atoms with Crippen LogP contribution in [0.2, 0.25) is 0 Å². The first-order chi connectivity index (χ1) is 12.9. The molecule has 0 atom stereocenters. The number of hydrogen-bond donors (Lipinski definition) is 0. The first-order valence-electron chi connectivity index (χ1n) is 9.35. The van der Waals surface area contributed by atoms with Crippen molar-refractivity contribution in [2.75, 3.05) is 0 Å². The Balaban J connectivity index is 2.31. The third kappa shape index (κ3) is 3.52. The first-order valence-corrected chi connectivity index (χ1v) is 9.35. The monoisotopic (exact) mass is 354 g/mol. The van der Waals surface area contributed by atoms with Crippen LogP contribution in [0.1, 0.15) is 55.5 Å². The highest BCUT2D eigenvalue weighted by atomic mass is 16.1. The molecule has 0 radical (unpaired) electrons. The molecule has 0 bridgehead atoms. The minimum Gasteiger partial charge on any atom is -0.233 e. The van der Waals surface area contributed by atoms with E-state index in [1.54, 1.807) is 6.08 Å². The van der Waals surface area contributed by atoms with Gasteiger partial charge in [-0.1, -0.05) is 107 Å². The summed E-state index contributed by atoms with van der Waals surface area (Å²) in [5.41, 5.74) is 5.35. The Bertz CT molecular complexity index is 960. The molecule has 3 aromatic rings. The summed E-state index contributed by atoms with van der Waals surface area (Å²) in [5, 5.41) is 0. The van der Waals surface area contributed by atoms with Gasteiger partial charge in [0.25, 0.3) is 0 Å². The molecular weight excluding hydrogens is 328 g/mol. The van der Waals surface area contributed by atoms with Crippen molar-refractivity contribution in [1.82, 2.24) is 0 Å². The zero-order valence-electron chi connectivity index (χ0n) is 16.5. The lowest BCUT2D eigenvalue weighted by molar-refractivity contribution is 0.569. The topological polar surface area (TPSA) is 17.1 Å². The molecule has 27 heavy (non-hydrogen) atoms. The van der Waals surface area contributed by atoms with E-state index >= 15 is 0 Å². The Morgan fingerprint density at radius 1 is 0.667 bits per heavy atom. The number of hydrogen-bond acceptors (Lipinski definition) is 1. The normalized spacial score (nSPS) is 11.7. The fourth-order valence-corrected chi connectivity index (χ4v) is 3.98. The third-order valence-electron chi connectivity index (χ3n) is 5.60. The quantitative estimate of drug-likeness (QED) is 0.500. The molecule has 1 heteroatoms. The van der Waals surface area contributed by atoms with Crippen LogP contribution in [0.5, 0.6) is 0 Å². The molecule has 0 saturated carbocycles. The van der Waals surface area contributed by atoms with E-state index in [2.05, 4.69) is 82.3 Å². The van der Waals surface area contributed by atoms with Crippen LogP contribution in [-0.4, -0.2) is 5.94 Å². The highest BCUT2D eigenvalue weighted by Gasteiger charge is 2.34. The maximum atomic E-state index is 11.2. The molecule has 0 aliphatic carbocycles. The highest BCUT2D eigenvalue weighted by Crippen LogP contribution is 2.43. The van der Waals surface area contributed by atoms with Crippen LogP contribution >= 0.6 is 0 Å². The molecule has 0 saturated heterocycles. The van der Waals surface area contributed by atoms with Gasteiger partial charge in [0.1, 0.15) is 5.94 Å². The van der Waals surface area contributed by atoms with E-state index in [-0.39, 0.29) is 10.8 Å². The standard InChI is InChI=1S/C26H26O/c1-25(2,21-13-7-5-8-14-21)23-17-11-12-20(18-19-27)24(23)26(3,4)22-15-9-6-10-16-22/h5-18H,1-4H3. The molecular formula is C26H26O. The van der Waals surface area contributed by atoms with E-state index in [9.17, 15) is 4.79 Å². The smallest absolute Gasteiger partial charge is 0.125 e. The molecule has 3 rings (SSSR count). The second-order valence-corrected chi connectivity index (χ2v) is 8.01. The first kappa shape index (κ1) is 18.9. The summed E-state index contributed by atoms with van der Waals surface area (Å²) < 4.78 is 0. The minimum atomic E-state index is -0.257. The summed E-state index contributed by atoms with van der Waals surface area (Å²) in [6.45, 7) is 8.95. The van der Waals surface area contributed by atoms with Crippen LogP contribution < -0.4 is 0 Å². The Labute approximate surface area is 162 Å². The maximum Gasteiger partial charge on any atom is 0.125 e. The van der Waals surface area contributed by atoms with Crippen LogP contribution in [0.15, 0.2) is 78.9 Å². The molecule has 0 N–H and O–H groups in total. The van der Waals surface area contributed by atoms with Gasteiger partial charge in [0.15, 0.2) is 0 Å². The third-order valence-corrected chi connectivity index (χ3v) is 5.60. The van der Waals surface area contributed by atoms with Crippen LogP contribution in [0.25, 0.3) is 6.08 Å². The van der Waals surface area contributed by atoms with Crippen molar-refractivity contribution in [2.24, 2.45) is 0 Å². The van der Waals surface area contributed by atoms with Gasteiger partial charge in [0.05, 0.1) is 0 Å². The molecule has 136 valence electrons. The predicted molar refractivity (Wildman–Crippen MR) is 114 cm³/mol. The number of rotatable bonds is 5. The largest absolute Gasteiger partial charge is 0.233 e. The van der Waals surface area contributed by atoms with E-state index in [1.165, 1.54) is 22.3 Å². The van der Waals surface area contributed by atoms with Crippen molar-refractivity contribution < 1.29 is 4.79 Å². The molecule has 0 heterocycles. The Kier molecular flexibility index (Phi) is 5.17. The van der Waals surface area contributed by atoms with Crippen LogP contribution in [-0.2, 0) is 15.6 Å². The number of benzene rings is 3. The van der Waals surface area contributed by atoms with Crippen molar-refractivity contribution in [3.8, 4) is 0 Å². The van der Waals surface area contributed by atoms with Crippen LogP contribution in [0, 0.1) is 0 Å². The van der Waals surface area contributed by atoms with Crippen molar-refractivity contribution in [3.05, 3.63) is 107 Å². The summed E-state index contributed by atoms with van der Waals surface area (Å²) in [6.07, 6.45) is 1.56. The van der Waals surface area contributed by atoms with E-state index < -0.39 is 0 Å². The van der Waals surface area contributed by atoms with Gasteiger partial charge in [-0.15, -0.1) is 0 Å². The Morgan fingerprint density at radius 3 is 1.70 bits per heavy atom. The van der Waals surface area contributed by atoms with E-state index in [4.69, 9.17) is 0 Å². The molecule has 0 aliphatic rings. The lowest BCUT2D eigenvalue weighted by Gasteiger charge is -2.36. The number of carbonyl (C=O) groups excluding carboxylic acids is 1. The zero-order valence-corrected chi connectivity index (χ0v) is 16.5. The van der Waals surface area contributed by atoms with Gasteiger partial charge in [-0.3, -0.25) is 0 Å². The van der Waals surface area contributed by atoms with Gasteiger partial charge in [0, 0.05) is 16.9 Å². The Morgan fingerprint density at radius 2 is 1.19 bits per heavy atom. The van der Waals surface area contributed by atoms with E-state index in [0.717, 1.165) is 5.56 Å². The SMILES string of the molecule is CC(C)(c1ccccc1)c1cccc(C=C=O)c1C(C)(C)c1ccccc1. The predicted octanol–water partition coefficient (Wildman–Crippen LogP) is 6.18. The van der Waals surface area contributed by atoms with Gasteiger partial charge >= 0.3 is 0 Å². The summed E-state index contributed by atoms with van der Waals surface area (Å²) in [6, 6.07) is 27.2. The van der Waals surface area contributed by atoms with E-state index in [1.807, 2.05) is 30.2 Å². The summed E-state index contributed by atoms with van der Waals surface area (Å²) in [4.78, 5) is 11.2. The fraction of sp³-hybridized carbons (Fsp3) is 0.231. The van der Waals surface area contributed by atoms with Gasteiger partial charge in [0.2, 0.25) is 0 Å². The van der Waals surface area contributed by atoms with Crippen molar-refractivity contribution in [1.29, 1.82) is 0 Å². The molecule has 0 spiro atoms. The molecule has 0 amide bonds. The lowest BCUT2D eigenvalue weighted by atomic mass is 9.67. The van der Waals surface area contributed by atoms with Gasteiger partial charge in [-0.05, 0) is 27.8 Å². The van der Waals surface area contributed by atoms with E-state index in [0.29, 0.717) is 0 Å². The zero-order chi connectivity index (χ0) is 19.5. The highest BCUT2D eigenvalue weighted by molar-refractivity contribution is 5.78. The summed E-state index contributed by atoms with van der Waals surface area (Å²) in [5.74, 6) is 1.99. The molecule has 0 aromatic heterocycles. The maximum absolute atomic E-state index is 11.2. The van der Waals surface area contributed by atoms with Crippen molar-refractivity contribution in [2.45, 2.75) is 38.5 Å².